The summed E-state index contributed by atoms with van der Waals surface area (Å²) in [5.74, 6) is 0.580. The predicted molar refractivity (Wildman–Crippen MR) is 105 cm³/mol. The Kier molecular flexibility index (Phi) is 5.46. The van der Waals surface area contributed by atoms with Gasteiger partial charge in [0.25, 0.3) is 5.91 Å². The lowest BCUT2D eigenvalue weighted by Crippen LogP contribution is -3.12. The molecule has 2 atom stereocenters. The van der Waals surface area contributed by atoms with Crippen molar-refractivity contribution in [3.63, 3.8) is 0 Å². The molecular formula is C21H26N3O3+. The van der Waals surface area contributed by atoms with Crippen LogP contribution in [0.4, 0.5) is 11.4 Å². The second kappa shape index (κ2) is 7.80. The zero-order valence-corrected chi connectivity index (χ0v) is 16.2. The Balaban J connectivity index is 1.79. The number of rotatable bonds is 5. The van der Waals surface area contributed by atoms with Crippen molar-refractivity contribution in [1.29, 1.82) is 0 Å². The number of para-hydroxylation sites is 2. The number of fused-ring (bicyclic) bond motifs is 1. The molecule has 0 saturated heterocycles. The van der Waals surface area contributed by atoms with Gasteiger partial charge in [-0.2, -0.15) is 0 Å². The molecule has 6 nitrogen and oxygen atoms in total. The number of nitrogens with one attached hydrogen (secondary N) is 2. The Morgan fingerprint density at radius 1 is 1.30 bits per heavy atom. The molecule has 1 unspecified atom stereocenters. The van der Waals surface area contributed by atoms with Crippen LogP contribution in [0.3, 0.4) is 0 Å². The molecule has 2 aromatic rings. The highest BCUT2D eigenvalue weighted by Crippen LogP contribution is 2.29. The molecule has 6 heteroatoms. The topological polar surface area (TPSA) is 63.1 Å². The summed E-state index contributed by atoms with van der Waals surface area (Å²) in [6.07, 6.45) is 0. The number of benzene rings is 2. The van der Waals surface area contributed by atoms with Crippen molar-refractivity contribution in [1.82, 2.24) is 0 Å². The molecule has 1 heterocycles. The zero-order chi connectivity index (χ0) is 19.6. The van der Waals surface area contributed by atoms with E-state index in [1.165, 1.54) is 0 Å². The van der Waals surface area contributed by atoms with E-state index in [2.05, 4.69) is 11.4 Å². The van der Waals surface area contributed by atoms with Crippen LogP contribution in [0, 0.1) is 6.92 Å². The van der Waals surface area contributed by atoms with E-state index in [4.69, 9.17) is 4.74 Å². The van der Waals surface area contributed by atoms with Crippen molar-refractivity contribution in [3.8, 4) is 5.75 Å². The summed E-state index contributed by atoms with van der Waals surface area (Å²) < 4.78 is 5.46. The number of hydrogen-bond acceptors (Lipinski definition) is 3. The van der Waals surface area contributed by atoms with E-state index in [1.54, 1.807) is 12.0 Å². The zero-order valence-electron chi connectivity index (χ0n) is 16.2. The molecule has 2 aromatic carbocycles. The predicted octanol–water partition coefficient (Wildman–Crippen LogP) is 1.39. The van der Waals surface area contributed by atoms with Crippen LogP contribution in [-0.2, 0) is 16.1 Å². The molecule has 0 spiro atoms. The van der Waals surface area contributed by atoms with Crippen molar-refractivity contribution < 1.29 is 19.2 Å². The average molecular weight is 368 g/mol. The van der Waals surface area contributed by atoms with Crippen molar-refractivity contribution >= 4 is 23.2 Å². The number of carbonyl (C=O) groups is 2. The average Bonchev–Trinajstić information content (AvgIpc) is 2.66. The lowest BCUT2D eigenvalue weighted by Gasteiger charge is -2.32. The molecule has 1 aliphatic heterocycles. The largest absolute Gasteiger partial charge is 0.496 e. The van der Waals surface area contributed by atoms with Gasteiger partial charge in [0.1, 0.15) is 18.8 Å². The number of likely N-dealkylation sites (N-methyl/N-ethyl adjacent to an activating group) is 1. The van der Waals surface area contributed by atoms with Crippen molar-refractivity contribution in [2.75, 3.05) is 30.9 Å². The van der Waals surface area contributed by atoms with E-state index >= 15 is 0 Å². The van der Waals surface area contributed by atoms with Crippen LogP contribution in [0.1, 0.15) is 18.1 Å². The van der Waals surface area contributed by atoms with Gasteiger partial charge in [-0.3, -0.25) is 14.5 Å². The van der Waals surface area contributed by atoms with Gasteiger partial charge >= 0.3 is 0 Å². The van der Waals surface area contributed by atoms with Crippen LogP contribution < -0.4 is 19.9 Å². The summed E-state index contributed by atoms with van der Waals surface area (Å²) in [5, 5.41) is 2.82. The maximum atomic E-state index is 13.2. The Morgan fingerprint density at radius 3 is 2.78 bits per heavy atom. The monoisotopic (exact) mass is 368 g/mol. The third-order valence-corrected chi connectivity index (χ3v) is 5.05. The molecular weight excluding hydrogens is 342 g/mol. The van der Waals surface area contributed by atoms with Crippen molar-refractivity contribution in [2.45, 2.75) is 26.4 Å². The van der Waals surface area contributed by atoms with Gasteiger partial charge < -0.3 is 15.0 Å². The number of quaternary nitrogens is 1. The molecule has 2 amide bonds. The molecule has 0 fully saturated rings. The van der Waals surface area contributed by atoms with Gasteiger partial charge in [-0.05, 0) is 38.1 Å². The van der Waals surface area contributed by atoms with Gasteiger partial charge in [0.15, 0.2) is 6.04 Å². The highest BCUT2D eigenvalue weighted by atomic mass is 16.5. The molecule has 3 rings (SSSR count). The van der Waals surface area contributed by atoms with Gasteiger partial charge in [-0.1, -0.05) is 23.8 Å². The lowest BCUT2D eigenvalue weighted by atomic mass is 10.1. The fourth-order valence-corrected chi connectivity index (χ4v) is 3.37. The molecule has 0 aliphatic carbocycles. The summed E-state index contributed by atoms with van der Waals surface area (Å²) in [6.45, 7) is 4.63. The van der Waals surface area contributed by atoms with Crippen LogP contribution in [0.25, 0.3) is 0 Å². The maximum absolute atomic E-state index is 13.2. The first kappa shape index (κ1) is 18.9. The van der Waals surface area contributed by atoms with Gasteiger partial charge in [0.05, 0.1) is 25.5 Å². The Bertz CT molecular complexity index is 866. The Hall–Kier alpha value is -2.86. The molecule has 0 aromatic heterocycles. The minimum Gasteiger partial charge on any atom is -0.496 e. The minimum absolute atomic E-state index is 0.0429. The highest BCUT2D eigenvalue weighted by molar-refractivity contribution is 6.10. The number of methoxy groups -OCH3 is 1. The van der Waals surface area contributed by atoms with Crippen molar-refractivity contribution in [2.24, 2.45) is 0 Å². The molecule has 1 aliphatic rings. The van der Waals surface area contributed by atoms with E-state index in [-0.39, 0.29) is 24.4 Å². The quantitative estimate of drug-likeness (QED) is 0.838. The Morgan fingerprint density at radius 2 is 2.04 bits per heavy atom. The second-order valence-corrected chi connectivity index (χ2v) is 7.05. The van der Waals surface area contributed by atoms with E-state index < -0.39 is 0 Å². The number of anilines is 2. The molecule has 0 radical (unpaired) electrons. The van der Waals surface area contributed by atoms with E-state index in [0.717, 1.165) is 27.5 Å². The van der Waals surface area contributed by atoms with Crippen LogP contribution in [0.15, 0.2) is 42.5 Å². The number of amides is 2. The lowest BCUT2D eigenvalue weighted by molar-refractivity contribution is -0.908. The number of aryl methyl sites for hydroxylation is 1. The maximum Gasteiger partial charge on any atom is 0.285 e. The summed E-state index contributed by atoms with van der Waals surface area (Å²) in [6, 6.07) is 13.1. The molecule has 142 valence electrons. The molecule has 0 bridgehead atoms. The summed E-state index contributed by atoms with van der Waals surface area (Å²) >= 11 is 0. The molecule has 0 saturated carbocycles. The second-order valence-electron chi connectivity index (χ2n) is 7.05. The third-order valence-electron chi connectivity index (χ3n) is 5.05. The SMILES string of the molecule is COc1ccc(C)cc1C[NH+](C)[C@H](C)C(=O)N1CC(=O)Nc2ccccc21. The van der Waals surface area contributed by atoms with Crippen LogP contribution in [-0.4, -0.2) is 38.6 Å². The minimum atomic E-state index is -0.311. The summed E-state index contributed by atoms with van der Waals surface area (Å²) in [7, 11) is 3.64. The van der Waals surface area contributed by atoms with E-state index in [9.17, 15) is 9.59 Å². The van der Waals surface area contributed by atoms with Crippen molar-refractivity contribution in [3.05, 3.63) is 53.6 Å². The standard InChI is InChI=1S/C21H25N3O3/c1-14-9-10-19(27-4)16(11-14)12-23(3)15(2)21(26)24-13-20(25)22-17-7-5-6-8-18(17)24/h5-11,15H,12-13H2,1-4H3,(H,22,25)/p+1/t15-/m1/s1. The number of ether oxygens (including phenoxy) is 1. The van der Waals surface area contributed by atoms with Crippen LogP contribution in [0.2, 0.25) is 0 Å². The Labute approximate surface area is 159 Å². The first-order valence-electron chi connectivity index (χ1n) is 9.06. The number of carbonyl (C=O) groups excluding carboxylic acids is 2. The smallest absolute Gasteiger partial charge is 0.285 e. The van der Waals surface area contributed by atoms with Crippen LogP contribution >= 0.6 is 0 Å². The first-order valence-corrected chi connectivity index (χ1v) is 9.06. The fourth-order valence-electron chi connectivity index (χ4n) is 3.37. The van der Waals surface area contributed by atoms with Gasteiger partial charge in [0, 0.05) is 5.56 Å². The van der Waals surface area contributed by atoms with E-state index in [0.29, 0.717) is 12.2 Å². The summed E-state index contributed by atoms with van der Waals surface area (Å²) in [5.41, 5.74) is 3.63. The summed E-state index contributed by atoms with van der Waals surface area (Å²) in [4.78, 5) is 27.8. The van der Waals surface area contributed by atoms with E-state index in [1.807, 2.05) is 57.3 Å². The third kappa shape index (κ3) is 3.95. The highest BCUT2D eigenvalue weighted by Gasteiger charge is 2.33. The fraction of sp³-hybridized carbons (Fsp3) is 0.333. The molecule has 2 N–H and O–H groups in total. The van der Waals surface area contributed by atoms with Crippen LogP contribution in [0.5, 0.6) is 5.75 Å². The first-order chi connectivity index (χ1) is 12.9. The normalized spacial score (nSPS) is 15.6. The number of nitrogens with zero attached hydrogens (tertiary/aromatic N) is 1. The van der Waals surface area contributed by atoms with Gasteiger partial charge in [0.2, 0.25) is 5.91 Å². The number of hydrogen-bond donors (Lipinski definition) is 2. The molecule has 27 heavy (non-hydrogen) atoms. The van der Waals surface area contributed by atoms with Gasteiger partial charge in [-0.25, -0.2) is 0 Å². The van der Waals surface area contributed by atoms with Gasteiger partial charge in [-0.15, -0.1) is 0 Å².